The minimum absolute atomic E-state index is 0.247. The molecule has 2 fully saturated rings. The van der Waals surface area contributed by atoms with Crippen molar-refractivity contribution in [3.8, 4) is 11.1 Å². The Morgan fingerprint density at radius 3 is 2.34 bits per heavy atom. The summed E-state index contributed by atoms with van der Waals surface area (Å²) in [5.74, 6) is 0. The zero-order chi connectivity index (χ0) is 26.2. The molecular weight excluding hydrogens is 539 g/mol. The molecule has 1 atom stereocenters. The smallest absolute Gasteiger partial charge is 0.326 e. The van der Waals surface area contributed by atoms with E-state index in [0.29, 0.717) is 33.3 Å². The molecule has 1 unspecified atom stereocenters. The van der Waals surface area contributed by atoms with Gasteiger partial charge in [0.05, 0.1) is 21.4 Å². The van der Waals surface area contributed by atoms with Crippen molar-refractivity contribution in [3.63, 3.8) is 0 Å². The van der Waals surface area contributed by atoms with Gasteiger partial charge in [-0.2, -0.15) is 0 Å². The van der Waals surface area contributed by atoms with E-state index >= 15 is 0 Å². The molecule has 0 aliphatic carbocycles. The van der Waals surface area contributed by atoms with Gasteiger partial charge in [-0.3, -0.25) is 9.80 Å². The summed E-state index contributed by atoms with van der Waals surface area (Å²) in [4.78, 5) is 20.2. The second-order valence-electron chi connectivity index (χ2n) is 10.5. The highest BCUT2D eigenvalue weighted by Gasteiger charge is 2.33. The molecule has 38 heavy (non-hydrogen) atoms. The van der Waals surface area contributed by atoms with Crippen LogP contribution in [0.15, 0.2) is 54.6 Å². The van der Waals surface area contributed by atoms with Crippen LogP contribution in [-0.4, -0.2) is 48.1 Å². The SMILES string of the molecule is O=C1NCc2c(-c3ccccc3Cl)cc(CN3CCCC3CN3CCCC3)cc2N1c1c(Cl)cccc1Cl. The van der Waals surface area contributed by atoms with E-state index in [1.165, 1.54) is 38.8 Å². The minimum Gasteiger partial charge on any atom is -0.333 e. The predicted molar refractivity (Wildman–Crippen MR) is 157 cm³/mol. The van der Waals surface area contributed by atoms with Gasteiger partial charge in [-0.15, -0.1) is 0 Å². The number of hydrogen-bond acceptors (Lipinski definition) is 3. The molecule has 5 nitrogen and oxygen atoms in total. The maximum Gasteiger partial charge on any atom is 0.326 e. The molecule has 3 heterocycles. The molecule has 8 heteroatoms. The summed E-state index contributed by atoms with van der Waals surface area (Å²) in [6.45, 7) is 5.85. The fourth-order valence-corrected chi connectivity index (χ4v) is 7.00. The third-order valence-electron chi connectivity index (χ3n) is 8.02. The lowest BCUT2D eigenvalue weighted by molar-refractivity contribution is 0.185. The highest BCUT2D eigenvalue weighted by Crippen LogP contribution is 2.45. The Labute approximate surface area is 239 Å². The van der Waals surface area contributed by atoms with Gasteiger partial charge in [-0.05, 0) is 86.8 Å². The fourth-order valence-electron chi connectivity index (χ4n) is 6.20. The van der Waals surface area contributed by atoms with E-state index in [2.05, 4.69) is 27.2 Å². The molecular formula is C30H31Cl3N4O. The van der Waals surface area contributed by atoms with E-state index in [-0.39, 0.29) is 6.03 Å². The molecule has 1 N–H and O–H groups in total. The van der Waals surface area contributed by atoms with Crippen LogP contribution < -0.4 is 10.2 Å². The summed E-state index contributed by atoms with van der Waals surface area (Å²) in [5, 5.41) is 4.55. The largest absolute Gasteiger partial charge is 0.333 e. The molecule has 198 valence electrons. The molecule has 3 aliphatic rings. The van der Waals surface area contributed by atoms with Gasteiger partial charge in [-0.1, -0.05) is 59.1 Å². The first-order valence-corrected chi connectivity index (χ1v) is 14.5. The number of fused-ring (bicyclic) bond motifs is 1. The van der Waals surface area contributed by atoms with Crippen molar-refractivity contribution in [1.82, 2.24) is 15.1 Å². The number of halogens is 3. The summed E-state index contributed by atoms with van der Waals surface area (Å²) in [6.07, 6.45) is 5.05. The first-order chi connectivity index (χ1) is 18.5. The van der Waals surface area contributed by atoms with Crippen molar-refractivity contribution < 1.29 is 4.79 Å². The Morgan fingerprint density at radius 1 is 0.842 bits per heavy atom. The van der Waals surface area contributed by atoms with Crippen LogP contribution in [0.4, 0.5) is 16.2 Å². The van der Waals surface area contributed by atoms with Gasteiger partial charge in [0.1, 0.15) is 0 Å². The number of carbonyl (C=O) groups is 1. The summed E-state index contributed by atoms with van der Waals surface area (Å²) >= 11 is 19.9. The van der Waals surface area contributed by atoms with Crippen molar-refractivity contribution in [2.45, 2.75) is 44.8 Å². The zero-order valence-corrected chi connectivity index (χ0v) is 23.5. The summed E-state index contributed by atoms with van der Waals surface area (Å²) in [5.41, 5.74) is 5.40. The summed E-state index contributed by atoms with van der Waals surface area (Å²) in [7, 11) is 0. The standard InChI is InChI=1S/C30H31Cl3N4O/c31-25-9-2-1-8-22(25)23-15-20(18-36-14-6-7-21(36)19-35-12-3-4-13-35)16-28-24(23)17-34-30(38)37(28)29-26(32)10-5-11-27(29)33/h1-2,5,8-11,15-16,21H,3-4,6-7,12-14,17-19H2,(H,34,38). The molecule has 0 aromatic heterocycles. The van der Waals surface area contributed by atoms with Crippen LogP contribution in [0.2, 0.25) is 15.1 Å². The number of anilines is 2. The van der Waals surface area contributed by atoms with Gasteiger partial charge in [0.2, 0.25) is 0 Å². The second kappa shape index (κ2) is 11.1. The monoisotopic (exact) mass is 568 g/mol. The number of amides is 2. The third kappa shape index (κ3) is 5.03. The molecule has 0 radical (unpaired) electrons. The average molecular weight is 570 g/mol. The number of benzene rings is 3. The van der Waals surface area contributed by atoms with Crippen LogP contribution in [0.25, 0.3) is 11.1 Å². The lowest BCUT2D eigenvalue weighted by Crippen LogP contribution is -2.42. The van der Waals surface area contributed by atoms with E-state index in [0.717, 1.165) is 47.6 Å². The molecule has 2 saturated heterocycles. The molecule has 3 aromatic carbocycles. The molecule has 0 bridgehead atoms. The van der Waals surface area contributed by atoms with Gasteiger partial charge < -0.3 is 10.2 Å². The Morgan fingerprint density at radius 2 is 1.58 bits per heavy atom. The molecule has 6 rings (SSSR count). The topological polar surface area (TPSA) is 38.8 Å². The zero-order valence-electron chi connectivity index (χ0n) is 21.2. The van der Waals surface area contributed by atoms with Crippen molar-refractivity contribution in [2.24, 2.45) is 0 Å². The predicted octanol–water partition coefficient (Wildman–Crippen LogP) is 7.74. The number of para-hydroxylation sites is 1. The molecule has 0 saturated carbocycles. The van der Waals surface area contributed by atoms with Gasteiger partial charge in [0.25, 0.3) is 0 Å². The number of nitrogens with one attached hydrogen (secondary N) is 1. The second-order valence-corrected chi connectivity index (χ2v) is 11.7. The normalized spacial score (nSPS) is 20.1. The van der Waals surface area contributed by atoms with Crippen LogP contribution in [0.1, 0.15) is 36.8 Å². The molecule has 3 aromatic rings. The third-order valence-corrected chi connectivity index (χ3v) is 8.96. The Hall–Kier alpha value is -2.28. The number of carbonyl (C=O) groups excluding carboxylic acids is 1. The van der Waals surface area contributed by atoms with Crippen LogP contribution in [0, 0.1) is 0 Å². The first-order valence-electron chi connectivity index (χ1n) is 13.4. The summed E-state index contributed by atoms with van der Waals surface area (Å²) in [6, 6.07) is 17.9. The number of nitrogens with zero attached hydrogens (tertiary/aromatic N) is 3. The van der Waals surface area contributed by atoms with Crippen molar-refractivity contribution in [2.75, 3.05) is 31.1 Å². The van der Waals surface area contributed by atoms with Crippen molar-refractivity contribution >= 4 is 52.2 Å². The van der Waals surface area contributed by atoms with E-state index in [9.17, 15) is 4.79 Å². The minimum atomic E-state index is -0.247. The summed E-state index contributed by atoms with van der Waals surface area (Å²) < 4.78 is 0. The van der Waals surface area contributed by atoms with E-state index in [4.69, 9.17) is 34.8 Å². The van der Waals surface area contributed by atoms with Crippen LogP contribution in [-0.2, 0) is 13.1 Å². The van der Waals surface area contributed by atoms with Crippen molar-refractivity contribution in [3.05, 3.63) is 80.8 Å². The molecule has 0 spiro atoms. The Kier molecular flexibility index (Phi) is 7.56. The van der Waals surface area contributed by atoms with E-state index in [1.54, 1.807) is 23.1 Å². The lowest BCUT2D eigenvalue weighted by atomic mass is 9.93. The van der Waals surface area contributed by atoms with Crippen LogP contribution >= 0.6 is 34.8 Å². The maximum atomic E-state index is 13.3. The Balaban J connectivity index is 1.44. The first kappa shape index (κ1) is 26.0. The average Bonchev–Trinajstić information content (AvgIpc) is 3.58. The lowest BCUT2D eigenvalue weighted by Gasteiger charge is -2.34. The Bertz CT molecular complexity index is 1340. The highest BCUT2D eigenvalue weighted by molar-refractivity contribution is 6.40. The van der Waals surface area contributed by atoms with Gasteiger partial charge in [0.15, 0.2) is 0 Å². The quantitative estimate of drug-likeness (QED) is 0.330. The van der Waals surface area contributed by atoms with Crippen molar-refractivity contribution in [1.29, 1.82) is 0 Å². The highest BCUT2D eigenvalue weighted by atomic mass is 35.5. The number of rotatable bonds is 6. The fraction of sp³-hybridized carbons (Fsp3) is 0.367. The molecule has 2 amide bonds. The van der Waals surface area contributed by atoms with Crippen LogP contribution in [0.5, 0.6) is 0 Å². The van der Waals surface area contributed by atoms with E-state index < -0.39 is 0 Å². The van der Waals surface area contributed by atoms with Gasteiger partial charge in [-0.25, -0.2) is 4.79 Å². The number of urea groups is 1. The van der Waals surface area contributed by atoms with E-state index in [1.807, 2.05) is 24.3 Å². The van der Waals surface area contributed by atoms with Gasteiger partial charge >= 0.3 is 6.03 Å². The van der Waals surface area contributed by atoms with Crippen LogP contribution in [0.3, 0.4) is 0 Å². The number of likely N-dealkylation sites (tertiary alicyclic amines) is 2. The number of hydrogen-bond donors (Lipinski definition) is 1. The molecule has 3 aliphatic heterocycles. The van der Waals surface area contributed by atoms with Gasteiger partial charge in [0, 0.05) is 41.8 Å². The maximum absolute atomic E-state index is 13.3.